The molecule has 0 saturated heterocycles. The number of nitrogens with zero attached hydrogens (tertiary/aromatic N) is 2. The summed E-state index contributed by atoms with van der Waals surface area (Å²) in [6.07, 6.45) is 1.73. The Morgan fingerprint density at radius 1 is 1.41 bits per heavy atom. The highest BCUT2D eigenvalue weighted by Crippen LogP contribution is 2.10. The van der Waals surface area contributed by atoms with Crippen molar-refractivity contribution in [2.24, 2.45) is 5.73 Å². The molecule has 0 saturated carbocycles. The van der Waals surface area contributed by atoms with E-state index in [1.165, 1.54) is 0 Å². The quantitative estimate of drug-likeness (QED) is 0.563. The number of sulfonamides is 1. The Hall–Kier alpha value is -1.19. The van der Waals surface area contributed by atoms with Gasteiger partial charge in [-0.05, 0) is 13.3 Å². The zero-order valence-electron chi connectivity index (χ0n) is 9.80. The van der Waals surface area contributed by atoms with Crippen molar-refractivity contribution < 1.29 is 12.8 Å². The minimum atomic E-state index is -3.12. The third-order valence-electron chi connectivity index (χ3n) is 1.82. The van der Waals surface area contributed by atoms with Gasteiger partial charge in [-0.25, -0.2) is 13.1 Å². The normalized spacial score (nSPS) is 13.6. The van der Waals surface area contributed by atoms with Gasteiger partial charge in [0.2, 0.25) is 15.9 Å². The third-order valence-corrected chi connectivity index (χ3v) is 2.55. The van der Waals surface area contributed by atoms with Crippen LogP contribution in [-0.4, -0.2) is 38.0 Å². The molecule has 1 aromatic heterocycles. The molecule has 4 N–H and O–H groups in total. The molecule has 0 aliphatic rings. The first kappa shape index (κ1) is 13.9. The summed E-state index contributed by atoms with van der Waals surface area (Å²) in [4.78, 5) is 0. The van der Waals surface area contributed by atoms with Crippen LogP contribution in [-0.2, 0) is 10.0 Å². The van der Waals surface area contributed by atoms with Crippen LogP contribution in [0.1, 0.15) is 25.3 Å². The second kappa shape index (κ2) is 5.94. The Morgan fingerprint density at radius 3 is 2.65 bits per heavy atom. The fourth-order valence-corrected chi connectivity index (χ4v) is 1.55. The van der Waals surface area contributed by atoms with Crippen molar-refractivity contribution in [2.75, 3.05) is 24.7 Å². The smallest absolute Gasteiger partial charge is 0.315 e. The summed E-state index contributed by atoms with van der Waals surface area (Å²) < 4.78 is 29.1. The molecule has 1 aromatic rings. The minimum Gasteiger partial charge on any atom is -0.406 e. The molecule has 1 heterocycles. The van der Waals surface area contributed by atoms with Crippen molar-refractivity contribution in [1.29, 1.82) is 0 Å². The highest BCUT2D eigenvalue weighted by Gasteiger charge is 2.08. The molecular formula is C8H17N5O3S. The first-order valence-electron chi connectivity index (χ1n) is 5.16. The summed E-state index contributed by atoms with van der Waals surface area (Å²) >= 11 is 0. The second-order valence-corrected chi connectivity index (χ2v) is 5.51. The van der Waals surface area contributed by atoms with Crippen molar-refractivity contribution in [3.05, 3.63) is 5.89 Å². The van der Waals surface area contributed by atoms with Crippen LogP contribution in [0, 0.1) is 0 Å². The molecule has 0 spiro atoms. The fourth-order valence-electron chi connectivity index (χ4n) is 1.03. The molecule has 1 rings (SSSR count). The van der Waals surface area contributed by atoms with E-state index in [4.69, 9.17) is 10.2 Å². The van der Waals surface area contributed by atoms with E-state index >= 15 is 0 Å². The van der Waals surface area contributed by atoms with Crippen molar-refractivity contribution in [3.63, 3.8) is 0 Å². The van der Waals surface area contributed by atoms with E-state index in [0.29, 0.717) is 25.4 Å². The highest BCUT2D eigenvalue weighted by molar-refractivity contribution is 7.88. The largest absolute Gasteiger partial charge is 0.406 e. The van der Waals surface area contributed by atoms with Crippen LogP contribution in [0.5, 0.6) is 0 Å². The van der Waals surface area contributed by atoms with Gasteiger partial charge < -0.3 is 15.5 Å². The Morgan fingerprint density at radius 2 is 2.12 bits per heavy atom. The van der Waals surface area contributed by atoms with Gasteiger partial charge in [0.05, 0.1) is 12.3 Å². The Bertz CT molecular complexity index is 442. The number of nitrogens with two attached hydrogens (primary N) is 1. The predicted molar refractivity (Wildman–Crippen MR) is 62.9 cm³/mol. The molecule has 8 nitrogen and oxygen atoms in total. The van der Waals surface area contributed by atoms with E-state index in [9.17, 15) is 8.42 Å². The lowest BCUT2D eigenvalue weighted by Crippen LogP contribution is -2.24. The van der Waals surface area contributed by atoms with Crippen molar-refractivity contribution in [2.45, 2.75) is 19.4 Å². The SMILES string of the molecule is CC(N)c1nnc(NCCCNS(C)(=O)=O)o1. The topological polar surface area (TPSA) is 123 Å². The van der Waals surface area contributed by atoms with Gasteiger partial charge in [0.25, 0.3) is 0 Å². The Balaban J connectivity index is 2.22. The standard InChI is InChI=1S/C8H17N5O3S/c1-6(9)7-12-13-8(16-7)10-4-3-5-11-17(2,14)15/h6,11H,3-5,9H2,1-2H3,(H,10,13). The van der Waals surface area contributed by atoms with Gasteiger partial charge in [-0.15, -0.1) is 5.10 Å². The number of hydrogen-bond acceptors (Lipinski definition) is 7. The average molecular weight is 263 g/mol. The van der Waals surface area contributed by atoms with Crippen molar-refractivity contribution >= 4 is 16.0 Å². The molecule has 1 atom stereocenters. The van der Waals surface area contributed by atoms with E-state index in [1.807, 2.05) is 0 Å². The van der Waals surface area contributed by atoms with Gasteiger partial charge in [0.15, 0.2) is 0 Å². The summed E-state index contributed by atoms with van der Waals surface area (Å²) in [6.45, 7) is 2.64. The van der Waals surface area contributed by atoms with Gasteiger partial charge in [-0.2, -0.15) is 0 Å². The second-order valence-electron chi connectivity index (χ2n) is 3.68. The van der Waals surface area contributed by atoms with Gasteiger partial charge in [-0.3, -0.25) is 0 Å². The van der Waals surface area contributed by atoms with Gasteiger partial charge in [-0.1, -0.05) is 5.10 Å². The summed E-state index contributed by atoms with van der Waals surface area (Å²) in [5, 5.41) is 10.4. The number of aromatic nitrogens is 2. The lowest BCUT2D eigenvalue weighted by Gasteiger charge is -2.02. The van der Waals surface area contributed by atoms with E-state index in [2.05, 4.69) is 20.2 Å². The first-order chi connectivity index (χ1) is 7.88. The number of nitrogens with one attached hydrogen (secondary N) is 2. The number of rotatable bonds is 7. The lowest BCUT2D eigenvalue weighted by atomic mass is 10.4. The maximum Gasteiger partial charge on any atom is 0.315 e. The molecule has 0 amide bonds. The van der Waals surface area contributed by atoms with E-state index in [0.717, 1.165) is 6.26 Å². The Kier molecular flexibility index (Phi) is 4.85. The van der Waals surface area contributed by atoms with E-state index in [1.54, 1.807) is 6.92 Å². The monoisotopic (exact) mass is 263 g/mol. The maximum absolute atomic E-state index is 10.8. The first-order valence-corrected chi connectivity index (χ1v) is 7.05. The molecular weight excluding hydrogens is 246 g/mol. The molecule has 0 bridgehead atoms. The molecule has 0 aliphatic heterocycles. The molecule has 0 aliphatic carbocycles. The molecule has 0 fully saturated rings. The molecule has 1 unspecified atom stereocenters. The molecule has 0 radical (unpaired) electrons. The zero-order valence-corrected chi connectivity index (χ0v) is 10.6. The van der Waals surface area contributed by atoms with Crippen LogP contribution >= 0.6 is 0 Å². The zero-order chi connectivity index (χ0) is 12.9. The minimum absolute atomic E-state index is 0.289. The van der Waals surface area contributed by atoms with Crippen molar-refractivity contribution in [1.82, 2.24) is 14.9 Å². The van der Waals surface area contributed by atoms with Gasteiger partial charge >= 0.3 is 6.01 Å². The van der Waals surface area contributed by atoms with Crippen LogP contribution in [0.2, 0.25) is 0 Å². The third kappa shape index (κ3) is 5.61. The molecule has 0 aromatic carbocycles. The van der Waals surface area contributed by atoms with Crippen LogP contribution in [0.4, 0.5) is 6.01 Å². The van der Waals surface area contributed by atoms with E-state index < -0.39 is 10.0 Å². The van der Waals surface area contributed by atoms with Gasteiger partial charge in [0.1, 0.15) is 0 Å². The molecule has 17 heavy (non-hydrogen) atoms. The molecule has 9 heteroatoms. The molecule has 98 valence electrons. The number of hydrogen-bond donors (Lipinski definition) is 3. The predicted octanol–water partition coefficient (Wildman–Crippen LogP) is -0.559. The lowest BCUT2D eigenvalue weighted by molar-refractivity contribution is 0.472. The van der Waals surface area contributed by atoms with Crippen molar-refractivity contribution in [3.8, 4) is 0 Å². The maximum atomic E-state index is 10.8. The van der Waals surface area contributed by atoms with E-state index in [-0.39, 0.29) is 12.1 Å². The summed E-state index contributed by atoms with van der Waals surface area (Å²) in [5.41, 5.74) is 5.55. The average Bonchev–Trinajstić information content (AvgIpc) is 2.64. The fraction of sp³-hybridized carbons (Fsp3) is 0.750. The summed E-state index contributed by atoms with van der Waals surface area (Å²) in [6, 6.07) is -0.0124. The van der Waals surface area contributed by atoms with Crippen LogP contribution in [0.15, 0.2) is 4.42 Å². The highest BCUT2D eigenvalue weighted by atomic mass is 32.2. The van der Waals surface area contributed by atoms with Crippen LogP contribution in [0.25, 0.3) is 0 Å². The number of anilines is 1. The van der Waals surface area contributed by atoms with Gasteiger partial charge in [0, 0.05) is 13.1 Å². The van der Waals surface area contributed by atoms with Crippen LogP contribution in [0.3, 0.4) is 0 Å². The summed E-state index contributed by atoms with van der Waals surface area (Å²) in [5.74, 6) is 0.363. The Labute approximate surface area is 100 Å². The van der Waals surface area contributed by atoms with Crippen LogP contribution < -0.4 is 15.8 Å². The summed E-state index contributed by atoms with van der Waals surface area (Å²) in [7, 11) is -3.12.